The van der Waals surface area contributed by atoms with Crippen LogP contribution in [0.3, 0.4) is 0 Å². The first-order valence-electron chi connectivity index (χ1n) is 12.4. The molecule has 2 aromatic carbocycles. The van der Waals surface area contributed by atoms with Gasteiger partial charge in [0.15, 0.2) is 4.80 Å². The molecule has 0 aliphatic carbocycles. The first kappa shape index (κ1) is 25.9. The standard InChI is InChI=1S/C30H28ClN3O3S/c1-6-37-29(36)26-19(4)32-30-34(27(26)21-9-11-23(31)12-10-21)28(35)25(38-30)16-22-15-18(3)33(20(22)5)24-13-7-17(2)8-14-24/h7-16,27H,6H2,1-5H3. The van der Waals surface area contributed by atoms with Crippen LogP contribution in [0.2, 0.25) is 5.02 Å². The molecule has 0 saturated heterocycles. The van der Waals surface area contributed by atoms with Gasteiger partial charge in [-0.1, -0.05) is 52.8 Å². The summed E-state index contributed by atoms with van der Waals surface area (Å²) >= 11 is 7.46. The molecular formula is C30H28ClN3O3S. The van der Waals surface area contributed by atoms with Gasteiger partial charge in [0, 0.05) is 22.1 Å². The summed E-state index contributed by atoms with van der Waals surface area (Å²) in [5.41, 5.74) is 6.78. The van der Waals surface area contributed by atoms with Gasteiger partial charge in [0.2, 0.25) is 0 Å². The molecule has 0 spiro atoms. The average Bonchev–Trinajstić information content (AvgIpc) is 3.34. The summed E-state index contributed by atoms with van der Waals surface area (Å²) < 4.78 is 9.68. The highest BCUT2D eigenvalue weighted by Crippen LogP contribution is 2.31. The van der Waals surface area contributed by atoms with Crippen molar-refractivity contribution < 1.29 is 9.53 Å². The fourth-order valence-corrected chi connectivity index (χ4v) is 6.08. The second kappa shape index (κ2) is 10.2. The molecule has 1 aliphatic rings. The third-order valence-electron chi connectivity index (χ3n) is 6.75. The molecule has 1 unspecified atom stereocenters. The van der Waals surface area contributed by atoms with Gasteiger partial charge in [-0.05, 0) is 82.2 Å². The number of allylic oxidation sites excluding steroid dienone is 1. The minimum atomic E-state index is -0.662. The van der Waals surface area contributed by atoms with Gasteiger partial charge in [-0.2, -0.15) is 0 Å². The smallest absolute Gasteiger partial charge is 0.338 e. The third-order valence-corrected chi connectivity index (χ3v) is 7.99. The number of carbonyl (C=O) groups is 1. The second-order valence-corrected chi connectivity index (χ2v) is 10.8. The molecule has 0 saturated carbocycles. The van der Waals surface area contributed by atoms with Crippen molar-refractivity contribution in [2.24, 2.45) is 4.99 Å². The Kier molecular flexibility index (Phi) is 6.99. The van der Waals surface area contributed by atoms with E-state index in [0.29, 0.717) is 25.6 Å². The molecule has 2 aromatic heterocycles. The van der Waals surface area contributed by atoms with Crippen molar-refractivity contribution in [2.45, 2.75) is 40.7 Å². The Hall–Kier alpha value is -3.68. The lowest BCUT2D eigenvalue weighted by molar-refractivity contribution is -0.139. The quantitative estimate of drug-likeness (QED) is 0.325. The molecule has 5 rings (SSSR count). The first-order chi connectivity index (χ1) is 18.2. The van der Waals surface area contributed by atoms with Crippen LogP contribution < -0.4 is 14.9 Å². The summed E-state index contributed by atoms with van der Waals surface area (Å²) in [6.07, 6.45) is 1.92. The summed E-state index contributed by atoms with van der Waals surface area (Å²) in [6.45, 7) is 9.94. The fraction of sp³-hybridized carbons (Fsp3) is 0.233. The molecule has 0 N–H and O–H groups in total. The maximum absolute atomic E-state index is 13.9. The molecule has 0 fully saturated rings. The average molecular weight is 546 g/mol. The molecule has 0 bridgehead atoms. The van der Waals surface area contributed by atoms with Crippen molar-refractivity contribution in [3.63, 3.8) is 0 Å². The number of carbonyl (C=O) groups excluding carboxylic acids is 1. The fourth-order valence-electron chi connectivity index (χ4n) is 4.92. The van der Waals surface area contributed by atoms with E-state index in [0.717, 1.165) is 28.2 Å². The number of fused-ring (bicyclic) bond motifs is 1. The zero-order chi connectivity index (χ0) is 27.1. The van der Waals surface area contributed by atoms with E-state index in [9.17, 15) is 9.59 Å². The maximum atomic E-state index is 13.9. The van der Waals surface area contributed by atoms with Crippen LogP contribution in [0.1, 0.15) is 48.0 Å². The van der Waals surface area contributed by atoms with Gasteiger partial charge >= 0.3 is 5.97 Å². The van der Waals surface area contributed by atoms with Crippen molar-refractivity contribution in [1.29, 1.82) is 0 Å². The number of ether oxygens (including phenoxy) is 1. The highest BCUT2D eigenvalue weighted by Gasteiger charge is 2.33. The zero-order valence-corrected chi connectivity index (χ0v) is 23.5. The Morgan fingerprint density at radius 3 is 2.42 bits per heavy atom. The van der Waals surface area contributed by atoms with E-state index < -0.39 is 12.0 Å². The van der Waals surface area contributed by atoms with Gasteiger partial charge < -0.3 is 9.30 Å². The summed E-state index contributed by atoms with van der Waals surface area (Å²) in [4.78, 5) is 32.1. The summed E-state index contributed by atoms with van der Waals surface area (Å²) in [5, 5.41) is 0.573. The van der Waals surface area contributed by atoms with Crippen molar-refractivity contribution >= 4 is 35.0 Å². The normalized spacial score (nSPS) is 15.4. The number of aryl methyl sites for hydroxylation is 2. The molecule has 6 nitrogen and oxygen atoms in total. The zero-order valence-electron chi connectivity index (χ0n) is 21.9. The van der Waals surface area contributed by atoms with E-state index in [-0.39, 0.29) is 12.2 Å². The van der Waals surface area contributed by atoms with Crippen LogP contribution in [0.5, 0.6) is 0 Å². The van der Waals surface area contributed by atoms with Crippen molar-refractivity contribution in [3.05, 3.63) is 119 Å². The number of thiazole rings is 1. The molecular weight excluding hydrogens is 518 g/mol. The molecule has 1 aliphatic heterocycles. The first-order valence-corrected chi connectivity index (χ1v) is 13.6. The van der Waals surface area contributed by atoms with Crippen LogP contribution in [-0.4, -0.2) is 21.7 Å². The molecule has 3 heterocycles. The number of esters is 1. The van der Waals surface area contributed by atoms with Gasteiger partial charge in [0.1, 0.15) is 0 Å². The molecule has 38 heavy (non-hydrogen) atoms. The van der Waals surface area contributed by atoms with E-state index >= 15 is 0 Å². The van der Waals surface area contributed by atoms with Crippen molar-refractivity contribution in [3.8, 4) is 5.69 Å². The van der Waals surface area contributed by atoms with Crippen LogP contribution in [0.25, 0.3) is 11.8 Å². The summed E-state index contributed by atoms with van der Waals surface area (Å²) in [7, 11) is 0. The molecule has 4 aromatic rings. The second-order valence-electron chi connectivity index (χ2n) is 9.35. The van der Waals surface area contributed by atoms with Gasteiger partial charge in [0.25, 0.3) is 5.56 Å². The Labute approximate surface area is 229 Å². The van der Waals surface area contributed by atoms with Crippen LogP contribution in [0, 0.1) is 20.8 Å². The van der Waals surface area contributed by atoms with Crippen LogP contribution in [-0.2, 0) is 9.53 Å². The lowest BCUT2D eigenvalue weighted by Gasteiger charge is -2.24. The SMILES string of the molecule is CCOC(=O)C1=C(C)N=c2sc(=Cc3cc(C)n(-c4ccc(C)cc4)c3C)c(=O)n2C1c1ccc(Cl)cc1. The van der Waals surface area contributed by atoms with E-state index in [1.54, 1.807) is 30.5 Å². The van der Waals surface area contributed by atoms with Gasteiger partial charge in [-0.25, -0.2) is 9.79 Å². The summed E-state index contributed by atoms with van der Waals surface area (Å²) in [6, 6.07) is 17.0. The number of halogens is 1. The molecule has 0 radical (unpaired) electrons. The topological polar surface area (TPSA) is 65.6 Å². The van der Waals surface area contributed by atoms with Crippen LogP contribution in [0.15, 0.2) is 75.7 Å². The Morgan fingerprint density at radius 2 is 1.76 bits per heavy atom. The number of nitrogens with zero attached hydrogens (tertiary/aromatic N) is 3. The molecule has 8 heteroatoms. The Morgan fingerprint density at radius 1 is 1.08 bits per heavy atom. The largest absolute Gasteiger partial charge is 0.463 e. The van der Waals surface area contributed by atoms with Gasteiger partial charge in [-0.15, -0.1) is 0 Å². The monoisotopic (exact) mass is 545 g/mol. The van der Waals surface area contributed by atoms with Gasteiger partial charge in [0.05, 0.1) is 28.5 Å². The predicted octanol–water partition coefficient (Wildman–Crippen LogP) is 5.17. The lowest BCUT2D eigenvalue weighted by atomic mass is 9.96. The minimum Gasteiger partial charge on any atom is -0.463 e. The minimum absolute atomic E-state index is 0.205. The maximum Gasteiger partial charge on any atom is 0.338 e. The van der Waals surface area contributed by atoms with Crippen molar-refractivity contribution in [2.75, 3.05) is 6.61 Å². The number of hydrogen-bond acceptors (Lipinski definition) is 5. The Balaban J connectivity index is 1.68. The highest BCUT2D eigenvalue weighted by atomic mass is 35.5. The van der Waals surface area contributed by atoms with E-state index in [4.69, 9.17) is 16.3 Å². The number of aromatic nitrogens is 2. The number of rotatable bonds is 5. The van der Waals surface area contributed by atoms with E-state index in [2.05, 4.69) is 60.7 Å². The van der Waals surface area contributed by atoms with Crippen LogP contribution >= 0.6 is 22.9 Å². The lowest BCUT2D eigenvalue weighted by Crippen LogP contribution is -2.39. The van der Waals surface area contributed by atoms with E-state index in [1.165, 1.54) is 16.9 Å². The highest BCUT2D eigenvalue weighted by molar-refractivity contribution is 7.07. The molecule has 0 amide bonds. The van der Waals surface area contributed by atoms with Crippen LogP contribution in [0.4, 0.5) is 0 Å². The number of hydrogen-bond donors (Lipinski definition) is 0. The van der Waals surface area contributed by atoms with Crippen molar-refractivity contribution in [1.82, 2.24) is 9.13 Å². The molecule has 194 valence electrons. The molecule has 1 atom stereocenters. The van der Waals surface area contributed by atoms with Gasteiger partial charge in [-0.3, -0.25) is 9.36 Å². The number of benzene rings is 2. The van der Waals surface area contributed by atoms with E-state index in [1.807, 2.05) is 18.2 Å². The predicted molar refractivity (Wildman–Crippen MR) is 152 cm³/mol. The summed E-state index contributed by atoms with van der Waals surface area (Å²) in [5.74, 6) is -0.482. The third kappa shape index (κ3) is 4.57. The Bertz CT molecular complexity index is 1760.